The number of thioether (sulfide) groups is 1. The first-order chi connectivity index (χ1) is 11.0. The molecule has 1 aliphatic heterocycles. The van der Waals surface area contributed by atoms with Crippen LogP contribution in [0.4, 0.5) is 4.79 Å². The van der Waals surface area contributed by atoms with Crippen LogP contribution in [0.3, 0.4) is 0 Å². The number of imide groups is 1. The molecule has 1 saturated heterocycles. The van der Waals surface area contributed by atoms with Crippen molar-refractivity contribution >= 4 is 45.9 Å². The van der Waals surface area contributed by atoms with E-state index in [0.29, 0.717) is 27.6 Å². The van der Waals surface area contributed by atoms with Crippen molar-refractivity contribution in [2.45, 2.75) is 0 Å². The van der Waals surface area contributed by atoms with Gasteiger partial charge in [-0.3, -0.25) is 24.1 Å². The number of carboxylic acid groups (broad SMARTS) is 1. The zero-order valence-electron chi connectivity index (χ0n) is 11.5. The maximum atomic E-state index is 12.3. The average molecular weight is 331 g/mol. The maximum absolute atomic E-state index is 12.3. The fraction of sp³-hybridized carbons (Fsp3) is 0.0667. The van der Waals surface area contributed by atoms with Gasteiger partial charge in [-0.1, -0.05) is 12.1 Å². The number of carboxylic acids is 1. The smallest absolute Gasteiger partial charge is 0.323 e. The fourth-order valence-electron chi connectivity index (χ4n) is 2.11. The summed E-state index contributed by atoms with van der Waals surface area (Å²) in [5.41, 5.74) is 0.190. The molecular formula is C15H9NO6S. The van der Waals surface area contributed by atoms with Gasteiger partial charge in [0.05, 0.1) is 15.9 Å². The van der Waals surface area contributed by atoms with E-state index in [1.54, 1.807) is 24.3 Å². The van der Waals surface area contributed by atoms with Gasteiger partial charge in [0.2, 0.25) is 0 Å². The van der Waals surface area contributed by atoms with E-state index in [0.717, 1.165) is 0 Å². The number of rotatable bonds is 3. The molecule has 23 heavy (non-hydrogen) atoms. The quantitative estimate of drug-likeness (QED) is 0.856. The average Bonchev–Trinajstić information content (AvgIpc) is 2.77. The molecule has 0 spiro atoms. The predicted octanol–water partition coefficient (Wildman–Crippen LogP) is 1.91. The summed E-state index contributed by atoms with van der Waals surface area (Å²) < 4.78 is 5.33. The summed E-state index contributed by atoms with van der Waals surface area (Å²) in [6.45, 7) is -0.714. The third kappa shape index (κ3) is 2.76. The van der Waals surface area contributed by atoms with Crippen LogP contribution >= 0.6 is 11.8 Å². The summed E-state index contributed by atoms with van der Waals surface area (Å²) in [6.07, 6.45) is 2.45. The topological polar surface area (TPSA) is 105 Å². The fourth-order valence-corrected chi connectivity index (χ4v) is 2.93. The Labute approximate surface area is 133 Å². The Bertz CT molecular complexity index is 929. The molecule has 1 fully saturated rings. The van der Waals surface area contributed by atoms with Crippen molar-refractivity contribution in [1.82, 2.24) is 4.90 Å². The molecule has 1 aliphatic rings. The lowest BCUT2D eigenvalue weighted by molar-refractivity contribution is -0.140. The van der Waals surface area contributed by atoms with Crippen LogP contribution in [0.25, 0.3) is 17.0 Å². The number of hydrogen-bond donors (Lipinski definition) is 1. The molecule has 116 valence electrons. The zero-order chi connectivity index (χ0) is 16.6. The largest absolute Gasteiger partial charge is 0.480 e. The zero-order valence-corrected chi connectivity index (χ0v) is 12.3. The van der Waals surface area contributed by atoms with Crippen LogP contribution in [0.2, 0.25) is 0 Å². The molecular weight excluding hydrogens is 322 g/mol. The summed E-state index contributed by atoms with van der Waals surface area (Å²) >= 11 is 0.587. The number of fused-ring (bicyclic) bond motifs is 1. The molecule has 7 nitrogen and oxygen atoms in total. The van der Waals surface area contributed by atoms with E-state index < -0.39 is 23.7 Å². The Balaban J connectivity index is 2.01. The highest BCUT2D eigenvalue weighted by Gasteiger charge is 2.36. The lowest BCUT2D eigenvalue weighted by Gasteiger charge is -2.07. The van der Waals surface area contributed by atoms with Crippen LogP contribution in [0.5, 0.6) is 0 Å². The molecule has 0 atom stereocenters. The minimum atomic E-state index is -1.29. The molecule has 1 aromatic heterocycles. The second kappa shape index (κ2) is 5.73. The van der Waals surface area contributed by atoms with Crippen LogP contribution in [0.1, 0.15) is 5.56 Å². The first-order valence-electron chi connectivity index (χ1n) is 6.45. The molecule has 8 heteroatoms. The molecule has 1 aromatic carbocycles. The Kier molecular flexibility index (Phi) is 3.75. The highest BCUT2D eigenvalue weighted by Crippen LogP contribution is 2.31. The molecule has 2 heterocycles. The van der Waals surface area contributed by atoms with E-state index in [4.69, 9.17) is 9.52 Å². The lowest BCUT2D eigenvalue weighted by atomic mass is 10.1. The van der Waals surface area contributed by atoms with Crippen molar-refractivity contribution in [2.75, 3.05) is 6.54 Å². The van der Waals surface area contributed by atoms with Gasteiger partial charge in [-0.2, -0.15) is 0 Å². The summed E-state index contributed by atoms with van der Waals surface area (Å²) in [5.74, 6) is -2.03. The van der Waals surface area contributed by atoms with Crippen molar-refractivity contribution in [3.8, 4) is 0 Å². The third-order valence-corrected chi connectivity index (χ3v) is 4.07. The highest BCUT2D eigenvalue weighted by atomic mass is 32.2. The second-order valence-electron chi connectivity index (χ2n) is 4.68. The Hall–Kier alpha value is -2.87. The minimum absolute atomic E-state index is 0.0150. The first-order valence-corrected chi connectivity index (χ1v) is 7.27. The van der Waals surface area contributed by atoms with E-state index in [1.807, 2.05) is 0 Å². The van der Waals surface area contributed by atoms with E-state index in [2.05, 4.69) is 0 Å². The molecule has 0 bridgehead atoms. The van der Waals surface area contributed by atoms with Gasteiger partial charge in [0.15, 0.2) is 5.43 Å². The molecule has 2 amide bonds. The second-order valence-corrected chi connectivity index (χ2v) is 5.67. The summed E-state index contributed by atoms with van der Waals surface area (Å²) in [5, 5.41) is 8.37. The normalized spacial score (nSPS) is 16.5. The summed E-state index contributed by atoms with van der Waals surface area (Å²) in [6, 6.07) is 6.64. The minimum Gasteiger partial charge on any atom is -0.480 e. The van der Waals surface area contributed by atoms with Crippen LogP contribution in [-0.4, -0.2) is 33.7 Å². The van der Waals surface area contributed by atoms with Gasteiger partial charge in [-0.05, 0) is 30.0 Å². The lowest BCUT2D eigenvalue weighted by Crippen LogP contribution is -2.33. The first kappa shape index (κ1) is 15.0. The number of hydrogen-bond acceptors (Lipinski definition) is 6. The molecule has 0 radical (unpaired) electrons. The number of carbonyl (C=O) groups is 3. The molecule has 0 aliphatic carbocycles. The maximum Gasteiger partial charge on any atom is 0.323 e. The molecule has 0 unspecified atom stereocenters. The number of nitrogens with zero attached hydrogens (tertiary/aromatic N) is 1. The van der Waals surface area contributed by atoms with E-state index in [-0.39, 0.29) is 15.9 Å². The van der Waals surface area contributed by atoms with Crippen LogP contribution in [0.15, 0.2) is 44.6 Å². The van der Waals surface area contributed by atoms with Gasteiger partial charge in [0.25, 0.3) is 11.1 Å². The standard InChI is InChI=1S/C15H9NO6S/c17-12(18)6-16-14(20)11(23-15(16)21)5-8-7-22-10-4-2-1-3-9(10)13(8)19/h1-5,7H,6H2,(H,17,18). The monoisotopic (exact) mass is 331 g/mol. The van der Waals surface area contributed by atoms with Gasteiger partial charge >= 0.3 is 5.97 Å². The third-order valence-electron chi connectivity index (χ3n) is 3.16. The number of aliphatic carboxylic acids is 1. The molecule has 1 N–H and O–H groups in total. The van der Waals surface area contributed by atoms with Crippen molar-refractivity contribution in [2.24, 2.45) is 0 Å². The number of amides is 2. The van der Waals surface area contributed by atoms with Gasteiger partial charge in [0, 0.05) is 0 Å². The number of benzene rings is 1. The van der Waals surface area contributed by atoms with Gasteiger partial charge in [0.1, 0.15) is 18.4 Å². The number of para-hydroxylation sites is 1. The summed E-state index contributed by atoms with van der Waals surface area (Å²) in [7, 11) is 0. The van der Waals surface area contributed by atoms with Crippen LogP contribution in [0, 0.1) is 0 Å². The van der Waals surface area contributed by atoms with Crippen molar-refractivity contribution in [3.63, 3.8) is 0 Å². The highest BCUT2D eigenvalue weighted by molar-refractivity contribution is 8.18. The van der Waals surface area contributed by atoms with E-state index in [1.165, 1.54) is 12.3 Å². The Morgan fingerprint density at radius 2 is 2.00 bits per heavy atom. The van der Waals surface area contributed by atoms with Crippen LogP contribution < -0.4 is 5.43 Å². The predicted molar refractivity (Wildman–Crippen MR) is 82.8 cm³/mol. The van der Waals surface area contributed by atoms with Crippen LogP contribution in [-0.2, 0) is 9.59 Å². The molecule has 3 rings (SSSR count). The van der Waals surface area contributed by atoms with Gasteiger partial charge in [-0.15, -0.1) is 0 Å². The van der Waals surface area contributed by atoms with E-state index >= 15 is 0 Å². The number of carbonyl (C=O) groups excluding carboxylic acids is 2. The molecule has 0 saturated carbocycles. The summed E-state index contributed by atoms with van der Waals surface area (Å²) in [4.78, 5) is 47.3. The SMILES string of the molecule is O=C(O)CN1C(=O)SC(=Cc2coc3ccccc3c2=O)C1=O. The van der Waals surface area contributed by atoms with Gasteiger partial charge in [-0.25, -0.2) is 0 Å². The van der Waals surface area contributed by atoms with Crippen molar-refractivity contribution < 1.29 is 23.9 Å². The van der Waals surface area contributed by atoms with Crippen molar-refractivity contribution in [3.05, 3.63) is 51.2 Å². The Morgan fingerprint density at radius 1 is 1.26 bits per heavy atom. The van der Waals surface area contributed by atoms with Gasteiger partial charge < -0.3 is 9.52 Å². The van der Waals surface area contributed by atoms with E-state index in [9.17, 15) is 19.2 Å². The Morgan fingerprint density at radius 3 is 2.74 bits per heavy atom. The van der Waals surface area contributed by atoms with Crippen molar-refractivity contribution in [1.29, 1.82) is 0 Å². The molecule has 2 aromatic rings.